The second kappa shape index (κ2) is 4.15. The van der Waals surface area contributed by atoms with Gasteiger partial charge < -0.3 is 14.5 Å². The van der Waals surface area contributed by atoms with Crippen LogP contribution < -0.4 is 20.9 Å². The Hall–Kier alpha value is -1.20. The van der Waals surface area contributed by atoms with Gasteiger partial charge >= 0.3 is 0 Å². The summed E-state index contributed by atoms with van der Waals surface area (Å²) < 4.78 is 11.5. The van der Waals surface area contributed by atoms with Crippen molar-refractivity contribution in [3.63, 3.8) is 0 Å². The standard InChI is InChI=1S/C14H25N3O2/c1-13(2,3)9-7-8(10(17-9)14(4,5)6)19-12(16)11(15)18-7/h11-12,17H,15-16H2,1-6H3. The Balaban J connectivity index is 2.62. The molecule has 2 heterocycles. The van der Waals surface area contributed by atoms with E-state index in [4.69, 9.17) is 20.9 Å². The van der Waals surface area contributed by atoms with Crippen LogP contribution in [0.15, 0.2) is 0 Å². The lowest BCUT2D eigenvalue weighted by molar-refractivity contribution is 0.0267. The molecule has 0 saturated heterocycles. The Morgan fingerprint density at radius 3 is 1.37 bits per heavy atom. The number of aromatic nitrogens is 1. The van der Waals surface area contributed by atoms with Crippen molar-refractivity contribution >= 4 is 0 Å². The number of hydrogen-bond donors (Lipinski definition) is 3. The normalized spacial score (nSPS) is 23.6. The molecule has 0 spiro atoms. The molecule has 5 N–H and O–H groups in total. The van der Waals surface area contributed by atoms with Gasteiger partial charge in [-0.15, -0.1) is 0 Å². The van der Waals surface area contributed by atoms with Crippen LogP contribution in [-0.4, -0.2) is 17.4 Å². The summed E-state index contributed by atoms with van der Waals surface area (Å²) in [5.74, 6) is 1.40. The number of H-pyrrole nitrogens is 1. The van der Waals surface area contributed by atoms with Crippen molar-refractivity contribution in [2.75, 3.05) is 0 Å². The zero-order valence-corrected chi connectivity index (χ0v) is 12.6. The highest BCUT2D eigenvalue weighted by Crippen LogP contribution is 2.47. The van der Waals surface area contributed by atoms with Crippen LogP contribution in [0, 0.1) is 0 Å². The molecule has 0 saturated carbocycles. The molecule has 19 heavy (non-hydrogen) atoms. The lowest BCUT2D eigenvalue weighted by atomic mass is 9.91. The second-order valence-electron chi connectivity index (χ2n) is 7.20. The zero-order chi connectivity index (χ0) is 14.6. The predicted molar refractivity (Wildman–Crippen MR) is 75.4 cm³/mol. The van der Waals surface area contributed by atoms with Gasteiger partial charge in [-0.3, -0.25) is 11.5 Å². The Labute approximate surface area is 114 Å². The van der Waals surface area contributed by atoms with Crippen molar-refractivity contribution in [2.24, 2.45) is 11.5 Å². The first kappa shape index (κ1) is 14.2. The summed E-state index contributed by atoms with van der Waals surface area (Å²) >= 11 is 0. The predicted octanol–water partition coefficient (Wildman–Crippen LogP) is 1.95. The minimum atomic E-state index is -0.641. The topological polar surface area (TPSA) is 86.3 Å². The van der Waals surface area contributed by atoms with E-state index < -0.39 is 12.5 Å². The third-order valence-corrected chi connectivity index (χ3v) is 3.24. The van der Waals surface area contributed by atoms with E-state index in [1.807, 2.05) is 0 Å². The van der Waals surface area contributed by atoms with E-state index in [0.29, 0.717) is 11.5 Å². The van der Waals surface area contributed by atoms with Gasteiger partial charge in [0.05, 0.1) is 11.4 Å². The van der Waals surface area contributed by atoms with E-state index >= 15 is 0 Å². The van der Waals surface area contributed by atoms with Crippen molar-refractivity contribution < 1.29 is 9.47 Å². The maximum atomic E-state index is 5.84. The molecule has 0 fully saturated rings. The fourth-order valence-electron chi connectivity index (χ4n) is 2.15. The molecule has 1 aliphatic rings. The van der Waals surface area contributed by atoms with Crippen LogP contribution in [0.1, 0.15) is 52.9 Å². The van der Waals surface area contributed by atoms with Crippen molar-refractivity contribution in [3.05, 3.63) is 11.4 Å². The van der Waals surface area contributed by atoms with E-state index in [1.54, 1.807) is 0 Å². The minimum Gasteiger partial charge on any atom is -0.464 e. The quantitative estimate of drug-likeness (QED) is 0.670. The van der Waals surface area contributed by atoms with Gasteiger partial charge in [0.15, 0.2) is 24.0 Å². The van der Waals surface area contributed by atoms with Crippen LogP contribution in [-0.2, 0) is 10.8 Å². The van der Waals surface area contributed by atoms with E-state index in [2.05, 4.69) is 46.5 Å². The number of fused-ring (bicyclic) bond motifs is 1. The molecule has 5 nitrogen and oxygen atoms in total. The van der Waals surface area contributed by atoms with Crippen LogP contribution in [0.3, 0.4) is 0 Å². The first-order valence-corrected chi connectivity index (χ1v) is 6.63. The van der Waals surface area contributed by atoms with E-state index in [9.17, 15) is 0 Å². The Morgan fingerprint density at radius 1 is 0.789 bits per heavy atom. The second-order valence-corrected chi connectivity index (χ2v) is 7.20. The molecule has 5 heteroatoms. The van der Waals surface area contributed by atoms with Gasteiger partial charge in [0.2, 0.25) is 0 Å². The van der Waals surface area contributed by atoms with Crippen molar-refractivity contribution in [2.45, 2.75) is 64.8 Å². The first-order valence-electron chi connectivity index (χ1n) is 6.63. The average molecular weight is 267 g/mol. The maximum Gasteiger partial charge on any atom is 0.198 e. The molecule has 0 bridgehead atoms. The first-order chi connectivity index (χ1) is 8.51. The lowest BCUT2D eigenvalue weighted by Gasteiger charge is -2.30. The lowest BCUT2D eigenvalue weighted by Crippen LogP contribution is -2.51. The monoisotopic (exact) mass is 267 g/mol. The maximum absolute atomic E-state index is 5.84. The molecule has 1 aromatic rings. The molecule has 0 aromatic carbocycles. The van der Waals surface area contributed by atoms with E-state index in [0.717, 1.165) is 11.4 Å². The highest BCUT2D eigenvalue weighted by molar-refractivity contribution is 5.54. The molecular formula is C14H25N3O2. The van der Waals surface area contributed by atoms with Crippen molar-refractivity contribution in [1.29, 1.82) is 0 Å². The van der Waals surface area contributed by atoms with Crippen LogP contribution in [0.4, 0.5) is 0 Å². The van der Waals surface area contributed by atoms with E-state index in [1.165, 1.54) is 0 Å². The van der Waals surface area contributed by atoms with Gasteiger partial charge in [-0.2, -0.15) is 0 Å². The van der Waals surface area contributed by atoms with Gasteiger partial charge in [0.1, 0.15) is 0 Å². The van der Waals surface area contributed by atoms with Crippen molar-refractivity contribution in [3.8, 4) is 11.5 Å². The summed E-state index contributed by atoms with van der Waals surface area (Å²) in [6, 6.07) is 0. The summed E-state index contributed by atoms with van der Waals surface area (Å²) in [6.45, 7) is 12.7. The van der Waals surface area contributed by atoms with Crippen LogP contribution in [0.5, 0.6) is 11.5 Å². The van der Waals surface area contributed by atoms with Crippen LogP contribution >= 0.6 is 0 Å². The Bertz CT molecular complexity index is 438. The number of hydrogen-bond acceptors (Lipinski definition) is 4. The zero-order valence-electron chi connectivity index (χ0n) is 12.6. The summed E-state index contributed by atoms with van der Waals surface area (Å²) in [5.41, 5.74) is 13.5. The smallest absolute Gasteiger partial charge is 0.198 e. The molecule has 108 valence electrons. The Kier molecular flexibility index (Phi) is 3.10. The van der Waals surface area contributed by atoms with Gasteiger partial charge in [-0.05, 0) is 0 Å². The largest absolute Gasteiger partial charge is 0.464 e. The number of rotatable bonds is 0. The SMILES string of the molecule is CC(C)(C)c1[nH]c(C(C)(C)C)c2c1OC(N)C(N)O2. The molecule has 0 amide bonds. The Morgan fingerprint density at radius 2 is 1.11 bits per heavy atom. The van der Waals surface area contributed by atoms with Crippen molar-refractivity contribution in [1.82, 2.24) is 4.98 Å². The number of aromatic amines is 1. The molecule has 0 aliphatic carbocycles. The average Bonchev–Trinajstić information content (AvgIpc) is 2.56. The van der Waals surface area contributed by atoms with Crippen LogP contribution in [0.2, 0.25) is 0 Å². The highest BCUT2D eigenvalue weighted by Gasteiger charge is 2.38. The highest BCUT2D eigenvalue weighted by atomic mass is 16.6. The number of ether oxygens (including phenoxy) is 2. The van der Waals surface area contributed by atoms with Gasteiger partial charge in [0.25, 0.3) is 0 Å². The molecule has 2 unspecified atom stereocenters. The third-order valence-electron chi connectivity index (χ3n) is 3.24. The fraction of sp³-hybridized carbons (Fsp3) is 0.714. The van der Waals surface area contributed by atoms with Gasteiger partial charge in [-0.25, -0.2) is 0 Å². The number of nitrogens with one attached hydrogen (secondary N) is 1. The molecule has 0 radical (unpaired) electrons. The van der Waals surface area contributed by atoms with Gasteiger partial charge in [-0.1, -0.05) is 41.5 Å². The summed E-state index contributed by atoms with van der Waals surface area (Å²) in [5, 5.41) is 0. The third kappa shape index (κ3) is 2.44. The van der Waals surface area contributed by atoms with E-state index in [-0.39, 0.29) is 10.8 Å². The molecule has 2 atom stereocenters. The molecule has 1 aliphatic heterocycles. The van der Waals surface area contributed by atoms with Crippen LogP contribution in [0.25, 0.3) is 0 Å². The van der Waals surface area contributed by atoms with Gasteiger partial charge in [0, 0.05) is 10.8 Å². The summed E-state index contributed by atoms with van der Waals surface area (Å²) in [7, 11) is 0. The molecular weight excluding hydrogens is 242 g/mol. The number of nitrogens with two attached hydrogens (primary N) is 2. The molecule has 1 aromatic heterocycles. The fourth-order valence-corrected chi connectivity index (χ4v) is 2.15. The summed E-state index contributed by atoms with van der Waals surface area (Å²) in [4.78, 5) is 3.45. The molecule has 2 rings (SSSR count). The minimum absolute atomic E-state index is 0.0852. The summed E-state index contributed by atoms with van der Waals surface area (Å²) in [6.07, 6.45) is -1.28.